The molecule has 0 bridgehead atoms. The summed E-state index contributed by atoms with van der Waals surface area (Å²) in [5.74, 6) is 0. The van der Waals surface area contributed by atoms with Gasteiger partial charge in [-0.3, -0.25) is 0 Å². The quantitative estimate of drug-likeness (QED) is 0.869. The maximum Gasteiger partial charge on any atom is 0.0563 e. The highest BCUT2D eigenvalue weighted by molar-refractivity contribution is 5.48. The molecule has 0 saturated carbocycles. The normalized spacial score (nSPS) is 19.3. The molecule has 1 N–H and O–H groups in total. The van der Waals surface area contributed by atoms with E-state index >= 15 is 0 Å². The molecule has 2 aromatic carbocycles. The van der Waals surface area contributed by atoms with Gasteiger partial charge in [-0.15, -0.1) is 0 Å². The molecule has 0 radical (unpaired) electrons. The van der Waals surface area contributed by atoms with Crippen LogP contribution in [0.15, 0.2) is 60.7 Å². The van der Waals surface area contributed by atoms with Crippen LogP contribution in [-0.4, -0.2) is 23.8 Å². The molecular weight excluding hydrogens is 270 g/mol. The summed E-state index contributed by atoms with van der Waals surface area (Å²) in [7, 11) is 0. The average molecular weight is 295 g/mol. The lowest BCUT2D eigenvalue weighted by Crippen LogP contribution is -2.32. The monoisotopic (exact) mass is 295 g/mol. The van der Waals surface area contributed by atoms with E-state index in [1.807, 2.05) is 6.07 Å². The Morgan fingerprint density at radius 1 is 1.00 bits per heavy atom. The number of benzene rings is 2. The van der Waals surface area contributed by atoms with Crippen molar-refractivity contribution in [1.29, 1.82) is 0 Å². The smallest absolute Gasteiger partial charge is 0.0563 e. The van der Waals surface area contributed by atoms with Crippen molar-refractivity contribution < 1.29 is 5.11 Å². The van der Waals surface area contributed by atoms with E-state index in [0.717, 1.165) is 25.8 Å². The van der Waals surface area contributed by atoms with Crippen molar-refractivity contribution in [1.82, 2.24) is 0 Å². The third kappa shape index (κ3) is 3.89. The highest BCUT2D eigenvalue weighted by atomic mass is 16.3. The van der Waals surface area contributed by atoms with E-state index in [-0.39, 0.29) is 6.10 Å². The first-order valence-corrected chi connectivity index (χ1v) is 8.36. The first-order valence-electron chi connectivity index (χ1n) is 8.36. The number of aryl methyl sites for hydroxylation is 1. The molecule has 116 valence electrons. The van der Waals surface area contributed by atoms with E-state index in [1.165, 1.54) is 24.1 Å². The second-order valence-electron chi connectivity index (χ2n) is 6.24. The van der Waals surface area contributed by atoms with Gasteiger partial charge in [0, 0.05) is 18.3 Å². The topological polar surface area (TPSA) is 23.5 Å². The second kappa shape index (κ2) is 7.46. The van der Waals surface area contributed by atoms with Gasteiger partial charge in [0.05, 0.1) is 6.10 Å². The Kier molecular flexibility index (Phi) is 5.12. The molecule has 1 heterocycles. The summed E-state index contributed by atoms with van der Waals surface area (Å²) in [5.41, 5.74) is 2.60. The van der Waals surface area contributed by atoms with Gasteiger partial charge in [-0.2, -0.15) is 0 Å². The van der Waals surface area contributed by atoms with Crippen molar-refractivity contribution >= 4 is 5.69 Å². The Balaban J connectivity index is 1.53. The zero-order valence-corrected chi connectivity index (χ0v) is 13.1. The minimum Gasteiger partial charge on any atom is -0.393 e. The molecule has 2 aromatic rings. The van der Waals surface area contributed by atoms with Gasteiger partial charge in [-0.05, 0) is 49.8 Å². The SMILES string of the molecule is OC(CCc1ccccc1)CC1CCCN1c1ccccc1. The van der Waals surface area contributed by atoms with Crippen LogP contribution in [-0.2, 0) is 6.42 Å². The molecule has 3 rings (SSSR count). The molecule has 0 aliphatic carbocycles. The molecule has 2 unspecified atom stereocenters. The standard InChI is InChI=1S/C20H25NO/c22-20(14-13-17-8-3-1-4-9-17)16-19-12-7-15-21(19)18-10-5-2-6-11-18/h1-6,8-11,19-20,22H,7,12-16H2. The maximum atomic E-state index is 10.4. The van der Waals surface area contributed by atoms with Gasteiger partial charge in [0.15, 0.2) is 0 Å². The largest absolute Gasteiger partial charge is 0.393 e. The lowest BCUT2D eigenvalue weighted by atomic mass is 10.00. The molecule has 1 saturated heterocycles. The summed E-state index contributed by atoms with van der Waals surface area (Å²) in [5, 5.41) is 10.4. The summed E-state index contributed by atoms with van der Waals surface area (Å²) in [4.78, 5) is 2.46. The Morgan fingerprint density at radius 3 is 2.41 bits per heavy atom. The molecule has 1 aliphatic rings. The third-order valence-electron chi connectivity index (χ3n) is 4.62. The molecular formula is C20H25NO. The predicted octanol–water partition coefficient (Wildman–Crippen LogP) is 4.04. The summed E-state index contributed by atoms with van der Waals surface area (Å²) >= 11 is 0. The molecule has 1 aliphatic heterocycles. The number of aliphatic hydroxyl groups is 1. The van der Waals surface area contributed by atoms with E-state index < -0.39 is 0 Å². The van der Waals surface area contributed by atoms with Gasteiger partial charge in [-0.1, -0.05) is 48.5 Å². The van der Waals surface area contributed by atoms with Crippen molar-refractivity contribution in [2.45, 2.75) is 44.2 Å². The Morgan fingerprint density at radius 2 is 1.68 bits per heavy atom. The van der Waals surface area contributed by atoms with Crippen LogP contribution in [0.5, 0.6) is 0 Å². The zero-order valence-electron chi connectivity index (χ0n) is 13.1. The molecule has 2 atom stereocenters. The number of nitrogens with zero attached hydrogens (tertiary/aromatic N) is 1. The maximum absolute atomic E-state index is 10.4. The first-order chi connectivity index (χ1) is 10.8. The fraction of sp³-hybridized carbons (Fsp3) is 0.400. The van der Waals surface area contributed by atoms with Crippen LogP contribution in [0.4, 0.5) is 5.69 Å². The predicted molar refractivity (Wildman–Crippen MR) is 92.2 cm³/mol. The third-order valence-corrected chi connectivity index (χ3v) is 4.62. The fourth-order valence-corrected chi connectivity index (χ4v) is 3.45. The van der Waals surface area contributed by atoms with Gasteiger partial charge in [0.2, 0.25) is 0 Å². The van der Waals surface area contributed by atoms with Gasteiger partial charge in [-0.25, -0.2) is 0 Å². The number of anilines is 1. The van der Waals surface area contributed by atoms with Crippen LogP contribution in [0.25, 0.3) is 0 Å². The van der Waals surface area contributed by atoms with Gasteiger partial charge in [0.25, 0.3) is 0 Å². The van der Waals surface area contributed by atoms with E-state index in [2.05, 4.69) is 59.5 Å². The minimum atomic E-state index is -0.213. The van der Waals surface area contributed by atoms with Crippen molar-refractivity contribution in [3.63, 3.8) is 0 Å². The summed E-state index contributed by atoms with van der Waals surface area (Å²) in [6.07, 6.45) is 4.89. The van der Waals surface area contributed by atoms with E-state index in [9.17, 15) is 5.11 Å². The molecule has 0 amide bonds. The number of hydrogen-bond donors (Lipinski definition) is 1. The zero-order chi connectivity index (χ0) is 15.2. The minimum absolute atomic E-state index is 0.213. The van der Waals surface area contributed by atoms with Crippen LogP contribution in [0.1, 0.15) is 31.2 Å². The van der Waals surface area contributed by atoms with Crippen molar-refractivity contribution in [3.8, 4) is 0 Å². The van der Waals surface area contributed by atoms with Crippen LogP contribution >= 0.6 is 0 Å². The Labute approximate surface area is 133 Å². The van der Waals surface area contributed by atoms with Crippen LogP contribution < -0.4 is 4.90 Å². The number of rotatable bonds is 6. The van der Waals surface area contributed by atoms with Gasteiger partial charge in [0.1, 0.15) is 0 Å². The lowest BCUT2D eigenvalue weighted by molar-refractivity contribution is 0.146. The molecule has 22 heavy (non-hydrogen) atoms. The van der Waals surface area contributed by atoms with Crippen LogP contribution in [0, 0.1) is 0 Å². The lowest BCUT2D eigenvalue weighted by Gasteiger charge is -2.28. The average Bonchev–Trinajstić information content (AvgIpc) is 3.03. The van der Waals surface area contributed by atoms with Crippen LogP contribution in [0.3, 0.4) is 0 Å². The molecule has 1 fully saturated rings. The van der Waals surface area contributed by atoms with Crippen molar-refractivity contribution in [2.75, 3.05) is 11.4 Å². The van der Waals surface area contributed by atoms with E-state index in [1.54, 1.807) is 0 Å². The van der Waals surface area contributed by atoms with E-state index in [4.69, 9.17) is 0 Å². The Hall–Kier alpha value is -1.80. The highest BCUT2D eigenvalue weighted by Crippen LogP contribution is 2.28. The second-order valence-corrected chi connectivity index (χ2v) is 6.24. The molecule has 0 aromatic heterocycles. The number of para-hydroxylation sites is 1. The summed E-state index contributed by atoms with van der Waals surface area (Å²) in [6, 6.07) is 21.5. The van der Waals surface area contributed by atoms with Crippen molar-refractivity contribution in [3.05, 3.63) is 66.2 Å². The van der Waals surface area contributed by atoms with E-state index in [0.29, 0.717) is 6.04 Å². The molecule has 0 spiro atoms. The fourth-order valence-electron chi connectivity index (χ4n) is 3.45. The Bertz CT molecular complexity index is 554. The molecule has 2 nitrogen and oxygen atoms in total. The van der Waals surface area contributed by atoms with Crippen molar-refractivity contribution in [2.24, 2.45) is 0 Å². The first kappa shape index (κ1) is 15.1. The highest BCUT2D eigenvalue weighted by Gasteiger charge is 2.26. The summed E-state index contributed by atoms with van der Waals surface area (Å²) < 4.78 is 0. The van der Waals surface area contributed by atoms with Gasteiger partial charge < -0.3 is 10.0 Å². The van der Waals surface area contributed by atoms with Crippen LogP contribution in [0.2, 0.25) is 0 Å². The molecule has 2 heteroatoms. The number of aliphatic hydroxyl groups excluding tert-OH is 1. The summed E-state index contributed by atoms with van der Waals surface area (Å²) in [6.45, 7) is 1.11. The van der Waals surface area contributed by atoms with Gasteiger partial charge >= 0.3 is 0 Å². The number of hydrogen-bond acceptors (Lipinski definition) is 2.